The summed E-state index contributed by atoms with van der Waals surface area (Å²) in [6.45, 7) is 2.00. The van der Waals surface area contributed by atoms with Gasteiger partial charge in [-0.1, -0.05) is 13.0 Å². The summed E-state index contributed by atoms with van der Waals surface area (Å²) in [5, 5.41) is 11.8. The smallest absolute Gasteiger partial charge is 0.255 e. The molecule has 1 amide bonds. The van der Waals surface area contributed by atoms with E-state index in [1.165, 1.54) is 7.11 Å². The van der Waals surface area contributed by atoms with Crippen molar-refractivity contribution in [3.63, 3.8) is 0 Å². The molecule has 0 saturated carbocycles. The van der Waals surface area contributed by atoms with E-state index in [-0.39, 0.29) is 18.6 Å². The number of aliphatic hydroxyl groups excluding tert-OH is 1. The summed E-state index contributed by atoms with van der Waals surface area (Å²) in [5.41, 5.74) is 6.59. The molecule has 0 heterocycles. The van der Waals surface area contributed by atoms with Gasteiger partial charge in [-0.05, 0) is 25.0 Å². The van der Waals surface area contributed by atoms with Crippen LogP contribution in [0.2, 0.25) is 0 Å². The number of para-hydroxylation sites is 1. The molecule has 1 rings (SSSR count). The lowest BCUT2D eigenvalue weighted by atomic mass is 10.1. The van der Waals surface area contributed by atoms with Crippen molar-refractivity contribution in [2.24, 2.45) is 0 Å². The fourth-order valence-electron chi connectivity index (χ4n) is 1.76. The second-order valence-electron chi connectivity index (χ2n) is 4.02. The minimum absolute atomic E-state index is 0.0476. The Labute approximate surface area is 107 Å². The predicted molar refractivity (Wildman–Crippen MR) is 70.7 cm³/mol. The monoisotopic (exact) mass is 252 g/mol. The van der Waals surface area contributed by atoms with Gasteiger partial charge in [0, 0.05) is 12.6 Å². The maximum Gasteiger partial charge on any atom is 0.255 e. The number of amides is 1. The van der Waals surface area contributed by atoms with E-state index in [1.54, 1.807) is 18.2 Å². The molecule has 5 heteroatoms. The number of anilines is 1. The molecule has 0 spiro atoms. The third kappa shape index (κ3) is 3.37. The molecule has 4 N–H and O–H groups in total. The first-order chi connectivity index (χ1) is 8.63. The number of rotatable bonds is 6. The zero-order valence-electron chi connectivity index (χ0n) is 10.8. The van der Waals surface area contributed by atoms with E-state index < -0.39 is 0 Å². The minimum atomic E-state index is -0.237. The van der Waals surface area contributed by atoms with Crippen molar-refractivity contribution in [2.45, 2.75) is 25.8 Å². The van der Waals surface area contributed by atoms with Gasteiger partial charge in [0.05, 0.1) is 18.4 Å². The largest absolute Gasteiger partial charge is 0.494 e. The first-order valence-electron chi connectivity index (χ1n) is 5.98. The van der Waals surface area contributed by atoms with Crippen LogP contribution in [0.4, 0.5) is 5.69 Å². The number of nitrogens with one attached hydrogen (secondary N) is 1. The highest BCUT2D eigenvalue weighted by molar-refractivity contribution is 5.98. The van der Waals surface area contributed by atoms with Crippen molar-refractivity contribution in [3.05, 3.63) is 23.8 Å². The first kappa shape index (κ1) is 14.3. The molecular formula is C13H20N2O3. The quantitative estimate of drug-likeness (QED) is 0.663. The molecule has 0 fully saturated rings. The SMILES string of the molecule is CCC(CCO)NC(=O)c1cccc(N)c1OC. The van der Waals surface area contributed by atoms with Crippen LogP contribution in [-0.2, 0) is 0 Å². The maximum absolute atomic E-state index is 12.1. The number of carbonyl (C=O) groups is 1. The van der Waals surface area contributed by atoms with Crippen LogP contribution in [0.3, 0.4) is 0 Å². The molecule has 0 aliphatic carbocycles. The van der Waals surface area contributed by atoms with Gasteiger partial charge in [-0.2, -0.15) is 0 Å². The number of hydrogen-bond acceptors (Lipinski definition) is 4. The van der Waals surface area contributed by atoms with Gasteiger partial charge >= 0.3 is 0 Å². The normalized spacial score (nSPS) is 11.9. The lowest BCUT2D eigenvalue weighted by Gasteiger charge is -2.17. The lowest BCUT2D eigenvalue weighted by Crippen LogP contribution is -2.35. The van der Waals surface area contributed by atoms with E-state index in [9.17, 15) is 4.79 Å². The maximum atomic E-state index is 12.1. The zero-order valence-corrected chi connectivity index (χ0v) is 10.8. The van der Waals surface area contributed by atoms with Gasteiger partial charge in [0.2, 0.25) is 0 Å². The molecule has 1 unspecified atom stereocenters. The summed E-state index contributed by atoms with van der Waals surface area (Å²) < 4.78 is 5.14. The van der Waals surface area contributed by atoms with Crippen LogP contribution < -0.4 is 15.8 Å². The Kier molecular flexibility index (Phi) is 5.45. The summed E-state index contributed by atoms with van der Waals surface area (Å²) in [6.07, 6.45) is 1.30. The molecule has 5 nitrogen and oxygen atoms in total. The molecule has 0 aliphatic heterocycles. The summed E-state index contributed by atoms with van der Waals surface area (Å²) in [6, 6.07) is 5.00. The minimum Gasteiger partial charge on any atom is -0.494 e. The van der Waals surface area contributed by atoms with Crippen LogP contribution in [0, 0.1) is 0 Å². The Morgan fingerprint density at radius 3 is 2.83 bits per heavy atom. The second kappa shape index (κ2) is 6.86. The zero-order chi connectivity index (χ0) is 13.5. The highest BCUT2D eigenvalue weighted by atomic mass is 16.5. The number of carbonyl (C=O) groups excluding carboxylic acids is 1. The third-order valence-electron chi connectivity index (χ3n) is 2.80. The van der Waals surface area contributed by atoms with E-state index in [4.69, 9.17) is 15.6 Å². The van der Waals surface area contributed by atoms with Crippen LogP contribution >= 0.6 is 0 Å². The summed E-state index contributed by atoms with van der Waals surface area (Å²) in [7, 11) is 1.48. The van der Waals surface area contributed by atoms with Gasteiger partial charge in [-0.3, -0.25) is 4.79 Å². The van der Waals surface area contributed by atoms with Crippen LogP contribution in [0.5, 0.6) is 5.75 Å². The highest BCUT2D eigenvalue weighted by Gasteiger charge is 2.17. The molecule has 0 saturated heterocycles. The van der Waals surface area contributed by atoms with Gasteiger partial charge in [-0.15, -0.1) is 0 Å². The number of benzene rings is 1. The molecule has 0 aliphatic rings. The number of methoxy groups -OCH3 is 1. The number of aliphatic hydroxyl groups is 1. The number of nitrogen functional groups attached to an aromatic ring is 1. The van der Waals surface area contributed by atoms with Crippen molar-refractivity contribution >= 4 is 11.6 Å². The lowest BCUT2D eigenvalue weighted by molar-refractivity contribution is 0.0926. The Bertz CT molecular complexity index is 407. The van der Waals surface area contributed by atoms with E-state index in [0.717, 1.165) is 6.42 Å². The van der Waals surface area contributed by atoms with Gasteiger partial charge in [0.25, 0.3) is 5.91 Å². The molecule has 0 radical (unpaired) electrons. The third-order valence-corrected chi connectivity index (χ3v) is 2.80. The molecule has 1 aromatic rings. The van der Waals surface area contributed by atoms with Crippen LogP contribution in [-0.4, -0.2) is 30.8 Å². The number of hydrogen-bond donors (Lipinski definition) is 3. The first-order valence-corrected chi connectivity index (χ1v) is 5.98. The summed E-state index contributed by atoms with van der Waals surface area (Å²) in [5.74, 6) is 0.147. The highest BCUT2D eigenvalue weighted by Crippen LogP contribution is 2.25. The molecule has 0 bridgehead atoms. The Morgan fingerprint density at radius 1 is 1.56 bits per heavy atom. The molecule has 1 aromatic carbocycles. The standard InChI is InChI=1S/C13H20N2O3/c1-3-9(7-8-16)15-13(17)10-5-4-6-11(14)12(10)18-2/h4-6,9,16H,3,7-8,14H2,1-2H3,(H,15,17). The van der Waals surface area contributed by atoms with Crippen molar-refractivity contribution < 1.29 is 14.6 Å². The van der Waals surface area contributed by atoms with Crippen LogP contribution in [0.1, 0.15) is 30.1 Å². The fraction of sp³-hybridized carbons (Fsp3) is 0.462. The van der Waals surface area contributed by atoms with Gasteiger partial charge in [-0.25, -0.2) is 0 Å². The van der Waals surface area contributed by atoms with Gasteiger partial charge in [0.1, 0.15) is 0 Å². The average molecular weight is 252 g/mol. The molecule has 100 valence electrons. The van der Waals surface area contributed by atoms with Gasteiger partial charge in [0.15, 0.2) is 5.75 Å². The summed E-state index contributed by atoms with van der Waals surface area (Å²) >= 11 is 0. The average Bonchev–Trinajstić information content (AvgIpc) is 2.37. The number of nitrogens with two attached hydrogens (primary N) is 1. The summed E-state index contributed by atoms with van der Waals surface area (Å²) in [4.78, 5) is 12.1. The molecular weight excluding hydrogens is 232 g/mol. The molecule has 0 aromatic heterocycles. The van der Waals surface area contributed by atoms with E-state index in [0.29, 0.717) is 23.4 Å². The van der Waals surface area contributed by atoms with E-state index in [2.05, 4.69) is 5.32 Å². The van der Waals surface area contributed by atoms with E-state index >= 15 is 0 Å². The topological polar surface area (TPSA) is 84.6 Å². The van der Waals surface area contributed by atoms with Crippen molar-refractivity contribution in [2.75, 3.05) is 19.5 Å². The Morgan fingerprint density at radius 2 is 2.28 bits per heavy atom. The Balaban J connectivity index is 2.87. The van der Waals surface area contributed by atoms with Crippen molar-refractivity contribution in [1.82, 2.24) is 5.32 Å². The van der Waals surface area contributed by atoms with Crippen molar-refractivity contribution in [3.8, 4) is 5.75 Å². The second-order valence-corrected chi connectivity index (χ2v) is 4.02. The van der Waals surface area contributed by atoms with Crippen LogP contribution in [0.15, 0.2) is 18.2 Å². The molecule has 18 heavy (non-hydrogen) atoms. The predicted octanol–water partition coefficient (Wildman–Crippen LogP) is 1.17. The van der Waals surface area contributed by atoms with Crippen molar-refractivity contribution in [1.29, 1.82) is 0 Å². The number of ether oxygens (including phenoxy) is 1. The fourth-order valence-corrected chi connectivity index (χ4v) is 1.76. The molecule has 1 atom stereocenters. The van der Waals surface area contributed by atoms with Gasteiger partial charge < -0.3 is 20.9 Å². The van der Waals surface area contributed by atoms with E-state index in [1.807, 2.05) is 6.92 Å². The Hall–Kier alpha value is -1.75. The van der Waals surface area contributed by atoms with Crippen LogP contribution in [0.25, 0.3) is 0 Å².